The van der Waals surface area contributed by atoms with Crippen molar-refractivity contribution in [1.82, 2.24) is 15.0 Å². The Morgan fingerprint density at radius 1 is 1.39 bits per heavy atom. The molecule has 2 amide bonds. The van der Waals surface area contributed by atoms with Crippen molar-refractivity contribution in [3.05, 3.63) is 51.0 Å². The summed E-state index contributed by atoms with van der Waals surface area (Å²) in [7, 11) is 0. The monoisotopic (exact) mass is 407 g/mol. The molecule has 10 heteroatoms. The Hall–Kier alpha value is -3.07. The van der Waals surface area contributed by atoms with E-state index in [-0.39, 0.29) is 18.3 Å². The van der Waals surface area contributed by atoms with Gasteiger partial charge in [0.15, 0.2) is 11.9 Å². The summed E-state index contributed by atoms with van der Waals surface area (Å²) < 4.78 is 6.87. The number of nitrogens with zero attached hydrogens (tertiary/aromatic N) is 2. The van der Waals surface area contributed by atoms with E-state index in [1.165, 1.54) is 13.1 Å². The number of aryl methyl sites for hydroxylation is 1. The summed E-state index contributed by atoms with van der Waals surface area (Å²) in [5.41, 5.74) is 8.42. The number of amides is 2. The Balaban J connectivity index is 2.23. The smallest absolute Gasteiger partial charge is 0.311 e. The molecule has 1 heterocycles. The van der Waals surface area contributed by atoms with Crippen LogP contribution >= 0.6 is 11.6 Å². The van der Waals surface area contributed by atoms with Gasteiger partial charge in [0, 0.05) is 24.1 Å². The molecule has 0 aliphatic carbocycles. The van der Waals surface area contributed by atoms with Crippen molar-refractivity contribution in [2.75, 3.05) is 11.2 Å². The summed E-state index contributed by atoms with van der Waals surface area (Å²) in [5, 5.41) is 3.14. The zero-order valence-electron chi connectivity index (χ0n) is 15.8. The molecule has 1 aromatic heterocycles. The van der Waals surface area contributed by atoms with Gasteiger partial charge >= 0.3 is 5.56 Å². The number of aromatic nitrogens is 2. The number of rotatable bonds is 7. The van der Waals surface area contributed by atoms with E-state index < -0.39 is 17.6 Å². The van der Waals surface area contributed by atoms with Crippen molar-refractivity contribution < 1.29 is 14.3 Å². The van der Waals surface area contributed by atoms with Gasteiger partial charge in [-0.2, -0.15) is 0 Å². The Bertz CT molecular complexity index is 944. The Kier molecular flexibility index (Phi) is 7.00. The number of benzene rings is 1. The highest BCUT2D eigenvalue weighted by Gasteiger charge is 2.21. The predicted molar refractivity (Wildman–Crippen MR) is 106 cm³/mol. The maximum Gasteiger partial charge on any atom is 0.311 e. The highest BCUT2D eigenvalue weighted by Crippen LogP contribution is 2.24. The second-order valence-corrected chi connectivity index (χ2v) is 6.51. The van der Waals surface area contributed by atoms with Crippen molar-refractivity contribution >= 4 is 29.2 Å². The topological polar surface area (TPSA) is 128 Å². The summed E-state index contributed by atoms with van der Waals surface area (Å²) in [4.78, 5) is 39.7. The molecule has 0 spiro atoms. The minimum atomic E-state index is -0.891. The van der Waals surface area contributed by atoms with Crippen LogP contribution in [0.5, 0.6) is 5.75 Å². The summed E-state index contributed by atoms with van der Waals surface area (Å²) >= 11 is 6.02. The van der Waals surface area contributed by atoms with Gasteiger partial charge in [0.25, 0.3) is 5.91 Å². The first-order chi connectivity index (χ1) is 13.2. The number of carbonyl (C=O) groups excluding carboxylic acids is 2. The number of carbonyl (C=O) groups is 2. The zero-order chi connectivity index (χ0) is 20.8. The molecule has 150 valence electrons. The van der Waals surface area contributed by atoms with Gasteiger partial charge in [0.2, 0.25) is 5.91 Å². The Morgan fingerprint density at radius 3 is 2.75 bits per heavy atom. The van der Waals surface area contributed by atoms with E-state index in [2.05, 4.69) is 15.7 Å². The molecule has 0 saturated carbocycles. The number of nitrogen functional groups attached to an aromatic ring is 1. The molecule has 0 fully saturated rings. The molecular formula is C18H22ClN5O4. The number of ether oxygens (including phenoxy) is 1. The summed E-state index contributed by atoms with van der Waals surface area (Å²) in [6.07, 6.45) is 0.823. The minimum Gasteiger partial charge on any atom is -0.480 e. The fourth-order valence-corrected chi connectivity index (χ4v) is 2.56. The maximum absolute atomic E-state index is 12.7. The lowest BCUT2D eigenvalue weighted by Crippen LogP contribution is -2.42. The highest BCUT2D eigenvalue weighted by atomic mass is 35.5. The molecular weight excluding hydrogens is 386 g/mol. The summed E-state index contributed by atoms with van der Waals surface area (Å²) in [6, 6.07) is 4.89. The van der Waals surface area contributed by atoms with Crippen LogP contribution in [0.3, 0.4) is 0 Å². The molecule has 0 aliphatic heterocycles. The first-order valence-corrected chi connectivity index (χ1v) is 8.95. The van der Waals surface area contributed by atoms with Crippen LogP contribution in [0.25, 0.3) is 0 Å². The number of anilines is 1. The second kappa shape index (κ2) is 9.23. The van der Waals surface area contributed by atoms with E-state index in [4.69, 9.17) is 22.1 Å². The third-order valence-corrected chi connectivity index (χ3v) is 4.11. The van der Waals surface area contributed by atoms with Gasteiger partial charge < -0.3 is 15.8 Å². The third kappa shape index (κ3) is 5.23. The lowest BCUT2D eigenvalue weighted by molar-refractivity contribution is -0.124. The molecule has 4 N–H and O–H groups in total. The van der Waals surface area contributed by atoms with Gasteiger partial charge in [-0.25, -0.2) is 9.66 Å². The maximum atomic E-state index is 12.7. The number of nitrogens with one attached hydrogen (secondary N) is 2. The SMILES string of the molecule is CCC(Oc1ccc(Cl)cc1CNC(C)=O)C(=O)Nn1c(C)cnc(N)c1=O. The molecule has 2 aromatic rings. The largest absolute Gasteiger partial charge is 0.480 e. The van der Waals surface area contributed by atoms with Crippen molar-refractivity contribution in [2.45, 2.75) is 39.8 Å². The summed E-state index contributed by atoms with van der Waals surface area (Å²) in [5.74, 6) is -0.562. The Morgan fingerprint density at radius 2 is 2.11 bits per heavy atom. The lowest BCUT2D eigenvalue weighted by atomic mass is 10.2. The van der Waals surface area contributed by atoms with Crippen molar-refractivity contribution in [3.8, 4) is 5.75 Å². The van der Waals surface area contributed by atoms with E-state index in [1.54, 1.807) is 32.0 Å². The van der Waals surface area contributed by atoms with Crippen LogP contribution < -0.4 is 26.8 Å². The van der Waals surface area contributed by atoms with Crippen LogP contribution in [0.1, 0.15) is 31.5 Å². The standard InChI is InChI=1S/C18H22ClN5O4/c1-4-14(17(26)23-24-10(2)8-22-16(20)18(24)27)28-15-6-5-13(19)7-12(15)9-21-11(3)25/h5-8,14H,4,9H2,1-3H3,(H2,20,22)(H,21,25)(H,23,26). The number of hydrogen-bond donors (Lipinski definition) is 3. The molecule has 2 rings (SSSR count). The van der Waals surface area contributed by atoms with Crippen LogP contribution in [0.15, 0.2) is 29.2 Å². The number of nitrogens with two attached hydrogens (primary N) is 1. The van der Waals surface area contributed by atoms with Crippen molar-refractivity contribution in [2.24, 2.45) is 0 Å². The average molecular weight is 408 g/mol. The van der Waals surface area contributed by atoms with Gasteiger partial charge in [-0.05, 0) is 31.5 Å². The molecule has 1 unspecified atom stereocenters. The molecule has 1 aromatic carbocycles. The van der Waals surface area contributed by atoms with E-state index in [0.29, 0.717) is 28.5 Å². The van der Waals surface area contributed by atoms with Gasteiger partial charge in [-0.1, -0.05) is 18.5 Å². The average Bonchev–Trinajstić information content (AvgIpc) is 2.65. The number of halogens is 1. The first-order valence-electron chi connectivity index (χ1n) is 8.57. The van der Waals surface area contributed by atoms with Gasteiger partial charge in [0.1, 0.15) is 5.75 Å². The summed E-state index contributed by atoms with van der Waals surface area (Å²) in [6.45, 7) is 4.97. The molecule has 9 nitrogen and oxygen atoms in total. The van der Waals surface area contributed by atoms with E-state index in [9.17, 15) is 14.4 Å². The molecule has 28 heavy (non-hydrogen) atoms. The minimum absolute atomic E-state index is 0.197. The van der Waals surface area contributed by atoms with Crippen LogP contribution in [-0.4, -0.2) is 27.6 Å². The van der Waals surface area contributed by atoms with Gasteiger partial charge in [0.05, 0.1) is 11.9 Å². The van der Waals surface area contributed by atoms with E-state index in [1.807, 2.05) is 0 Å². The number of hydrogen-bond acceptors (Lipinski definition) is 6. The van der Waals surface area contributed by atoms with E-state index >= 15 is 0 Å². The normalized spacial score (nSPS) is 11.6. The fraction of sp³-hybridized carbons (Fsp3) is 0.333. The molecule has 0 aliphatic rings. The first kappa shape index (κ1) is 21.2. The van der Waals surface area contributed by atoms with Gasteiger partial charge in [-0.3, -0.25) is 19.8 Å². The van der Waals surface area contributed by atoms with Crippen LogP contribution in [0.2, 0.25) is 5.02 Å². The van der Waals surface area contributed by atoms with Crippen molar-refractivity contribution in [3.63, 3.8) is 0 Å². The van der Waals surface area contributed by atoms with Crippen LogP contribution in [-0.2, 0) is 16.1 Å². The van der Waals surface area contributed by atoms with Crippen LogP contribution in [0.4, 0.5) is 5.82 Å². The molecule has 0 saturated heterocycles. The Labute approximate surface area is 166 Å². The zero-order valence-corrected chi connectivity index (χ0v) is 16.5. The molecule has 1 atom stereocenters. The quantitative estimate of drug-likeness (QED) is 0.635. The lowest BCUT2D eigenvalue weighted by Gasteiger charge is -2.21. The predicted octanol–water partition coefficient (Wildman–Crippen LogP) is 1.35. The third-order valence-electron chi connectivity index (χ3n) is 3.87. The van der Waals surface area contributed by atoms with Crippen molar-refractivity contribution in [1.29, 1.82) is 0 Å². The van der Waals surface area contributed by atoms with Gasteiger partial charge in [-0.15, -0.1) is 0 Å². The molecule has 0 bridgehead atoms. The molecule has 0 radical (unpaired) electrons. The highest BCUT2D eigenvalue weighted by molar-refractivity contribution is 6.30. The second-order valence-electron chi connectivity index (χ2n) is 6.08. The van der Waals surface area contributed by atoms with E-state index in [0.717, 1.165) is 4.68 Å². The fourth-order valence-electron chi connectivity index (χ4n) is 2.37. The van der Waals surface area contributed by atoms with Crippen LogP contribution in [0, 0.1) is 6.92 Å².